The van der Waals surface area contributed by atoms with Crippen LogP contribution in [0, 0.1) is 0 Å². The second-order valence-corrected chi connectivity index (χ2v) is 17.2. The van der Waals surface area contributed by atoms with Crippen LogP contribution in [0.3, 0.4) is 0 Å². The zero-order chi connectivity index (χ0) is 45.5. The first-order chi connectivity index (χ1) is 29.2. The van der Waals surface area contributed by atoms with Crippen LogP contribution in [0.25, 0.3) is 0 Å². The molecular weight excluding hydrogens is 830 g/mol. The molecule has 15 nitrogen and oxygen atoms in total. The third kappa shape index (κ3) is 41.3. The highest BCUT2D eigenvalue weighted by atomic mass is 31.2. The Morgan fingerprint density at radius 2 is 1.05 bits per heavy atom. The lowest BCUT2D eigenvalue weighted by Gasteiger charge is -2.20. The summed E-state index contributed by atoms with van der Waals surface area (Å²) in [6.07, 6.45) is 34.9. The minimum atomic E-state index is -4.90. The van der Waals surface area contributed by atoms with E-state index in [1.807, 2.05) is 12.2 Å². The molecule has 0 aliphatic rings. The number of carbonyl (C=O) groups excluding carboxylic acids is 2. The van der Waals surface area contributed by atoms with Crippen molar-refractivity contribution in [2.24, 2.45) is 0 Å². The average Bonchev–Trinajstić information content (AvgIpc) is 3.21. The summed E-state index contributed by atoms with van der Waals surface area (Å²) in [5.41, 5.74) is 0. The molecule has 352 valence electrons. The Bertz CT molecular complexity index is 1390. The van der Waals surface area contributed by atoms with Gasteiger partial charge in [-0.3, -0.25) is 23.2 Å². The Labute approximate surface area is 364 Å². The Morgan fingerprint density at radius 1 is 0.541 bits per heavy atom. The predicted octanol–water partition coefficient (Wildman–Crippen LogP) is 8.95. The number of rotatable bonds is 40. The number of hydrogen-bond acceptors (Lipinski definition) is 12. The number of phosphoric ester groups is 2. The predicted molar refractivity (Wildman–Crippen MR) is 237 cm³/mol. The second-order valence-electron chi connectivity index (χ2n) is 14.5. The topological polar surface area (TPSA) is 236 Å². The SMILES string of the molecule is CC/C=C\C/C=C\C/C=C\CCCCCCCC(=O)O[C@H](COC(=O)CCCC(O)C(O)C/C=C\C/C=C\C/C=C\CCCCC)COP(=O)(O)OC[C@@H](O)COP(=O)(O)O. The van der Waals surface area contributed by atoms with E-state index < -0.39 is 78.4 Å². The maximum absolute atomic E-state index is 12.7. The van der Waals surface area contributed by atoms with Gasteiger partial charge < -0.3 is 39.5 Å². The third-order valence-corrected chi connectivity index (χ3v) is 10.2. The Morgan fingerprint density at radius 3 is 1.66 bits per heavy atom. The number of aliphatic hydroxyl groups is 3. The van der Waals surface area contributed by atoms with Gasteiger partial charge in [0.1, 0.15) is 12.7 Å². The second kappa shape index (κ2) is 39.1. The highest BCUT2D eigenvalue weighted by molar-refractivity contribution is 7.47. The first-order valence-corrected chi connectivity index (χ1v) is 24.8. The van der Waals surface area contributed by atoms with E-state index in [1.54, 1.807) is 6.08 Å². The normalized spacial score (nSPS) is 15.7. The molecule has 0 amide bonds. The lowest BCUT2D eigenvalue weighted by atomic mass is 10.0. The fourth-order valence-corrected chi connectivity index (χ4v) is 6.50. The molecule has 6 N–H and O–H groups in total. The van der Waals surface area contributed by atoms with E-state index in [-0.39, 0.29) is 32.1 Å². The van der Waals surface area contributed by atoms with Gasteiger partial charge in [-0.2, -0.15) is 0 Å². The molecular formula is C44H76O15P2. The van der Waals surface area contributed by atoms with Crippen molar-refractivity contribution in [2.75, 3.05) is 26.4 Å². The Hall–Kier alpha value is -2.52. The van der Waals surface area contributed by atoms with Crippen LogP contribution in [0.1, 0.15) is 142 Å². The van der Waals surface area contributed by atoms with Gasteiger partial charge in [-0.15, -0.1) is 0 Å². The van der Waals surface area contributed by atoms with Crippen LogP contribution >= 0.6 is 15.6 Å². The van der Waals surface area contributed by atoms with Crippen molar-refractivity contribution in [2.45, 2.75) is 167 Å². The van der Waals surface area contributed by atoms with Gasteiger partial charge in [-0.05, 0) is 83.5 Å². The van der Waals surface area contributed by atoms with Crippen molar-refractivity contribution in [1.29, 1.82) is 0 Å². The molecule has 0 bridgehead atoms. The molecule has 0 saturated carbocycles. The summed E-state index contributed by atoms with van der Waals surface area (Å²) < 4.78 is 47.5. The molecule has 3 unspecified atom stereocenters. The first kappa shape index (κ1) is 58.5. The molecule has 5 atom stereocenters. The molecule has 0 spiro atoms. The molecule has 0 rings (SSSR count). The fraction of sp³-hybridized carbons (Fsp3) is 0.682. The summed E-state index contributed by atoms with van der Waals surface area (Å²) in [5, 5.41) is 30.4. The number of allylic oxidation sites excluding steroid dienone is 11. The molecule has 0 aromatic heterocycles. The number of unbranched alkanes of at least 4 members (excludes halogenated alkanes) is 8. The van der Waals surface area contributed by atoms with Gasteiger partial charge in [0, 0.05) is 12.8 Å². The monoisotopic (exact) mass is 906 g/mol. The van der Waals surface area contributed by atoms with E-state index in [0.29, 0.717) is 12.8 Å². The number of esters is 2. The summed E-state index contributed by atoms with van der Waals surface area (Å²) in [6, 6.07) is 0. The summed E-state index contributed by atoms with van der Waals surface area (Å²) in [4.78, 5) is 52.7. The van der Waals surface area contributed by atoms with Crippen LogP contribution in [0.5, 0.6) is 0 Å². The third-order valence-electron chi connectivity index (χ3n) is 8.77. The molecule has 17 heteroatoms. The van der Waals surface area contributed by atoms with Gasteiger partial charge in [0.2, 0.25) is 0 Å². The maximum atomic E-state index is 12.7. The van der Waals surface area contributed by atoms with Gasteiger partial charge >= 0.3 is 27.6 Å². The van der Waals surface area contributed by atoms with Crippen molar-refractivity contribution in [3.63, 3.8) is 0 Å². The zero-order valence-corrected chi connectivity index (χ0v) is 38.2. The van der Waals surface area contributed by atoms with Crippen molar-refractivity contribution in [3.8, 4) is 0 Å². The van der Waals surface area contributed by atoms with Crippen LogP contribution < -0.4 is 0 Å². The van der Waals surface area contributed by atoms with Crippen molar-refractivity contribution in [1.82, 2.24) is 0 Å². The number of phosphoric acid groups is 2. The number of aliphatic hydroxyl groups excluding tert-OH is 3. The molecule has 0 heterocycles. The summed E-state index contributed by atoms with van der Waals surface area (Å²) in [5.74, 6) is -1.34. The van der Waals surface area contributed by atoms with Crippen LogP contribution in [0.4, 0.5) is 0 Å². The van der Waals surface area contributed by atoms with E-state index >= 15 is 0 Å². The summed E-state index contributed by atoms with van der Waals surface area (Å²) in [6.45, 7) is 1.26. The van der Waals surface area contributed by atoms with Gasteiger partial charge in [-0.25, -0.2) is 9.13 Å². The van der Waals surface area contributed by atoms with Crippen molar-refractivity contribution < 1.29 is 71.8 Å². The van der Waals surface area contributed by atoms with E-state index in [1.165, 1.54) is 19.3 Å². The zero-order valence-electron chi connectivity index (χ0n) is 36.5. The molecule has 0 fully saturated rings. The van der Waals surface area contributed by atoms with Crippen LogP contribution in [-0.4, -0.2) is 92.8 Å². The molecule has 0 saturated heterocycles. The highest BCUT2D eigenvalue weighted by Crippen LogP contribution is 2.43. The number of ether oxygens (including phenoxy) is 2. The van der Waals surface area contributed by atoms with E-state index in [9.17, 15) is 38.9 Å². The lowest BCUT2D eigenvalue weighted by molar-refractivity contribution is -0.161. The summed E-state index contributed by atoms with van der Waals surface area (Å²) >= 11 is 0. The number of hydrogen-bond donors (Lipinski definition) is 6. The quantitative estimate of drug-likeness (QED) is 0.0146. The van der Waals surface area contributed by atoms with E-state index in [2.05, 4.69) is 77.6 Å². The molecule has 61 heavy (non-hydrogen) atoms. The standard InChI is InChI=1S/C44H76O15P2/c1-3-5-7-9-11-13-15-17-18-19-21-23-25-27-29-33-44(49)59-40(38-58-61(53,54)57-36-39(45)35-56-60(50,51)52)37-55-43(48)34-30-32-42(47)41(46)31-28-26-24-22-20-16-14-12-10-8-6-4-2/h5,7,11-14,17-18,20,22,26,28,39-42,45-47H,3-4,6,8-10,15-16,19,21,23-25,27,29-38H2,1-2H3,(H,53,54)(H2,50,51,52)/b7-5-,13-11-,14-12-,18-17-,22-20-,28-26-/t39-,40+,41?,42?/m0/s1. The minimum Gasteiger partial charge on any atom is -0.462 e. The smallest absolute Gasteiger partial charge is 0.462 e. The molecule has 0 aliphatic carbocycles. The van der Waals surface area contributed by atoms with Gasteiger partial charge in [-0.1, -0.05) is 119 Å². The van der Waals surface area contributed by atoms with Crippen LogP contribution in [-0.2, 0) is 41.8 Å². The van der Waals surface area contributed by atoms with Gasteiger partial charge in [0.15, 0.2) is 6.10 Å². The lowest BCUT2D eigenvalue weighted by Crippen LogP contribution is -2.30. The molecule has 0 aromatic carbocycles. The Kier molecular flexibility index (Phi) is 37.5. The first-order valence-electron chi connectivity index (χ1n) is 21.8. The van der Waals surface area contributed by atoms with Crippen molar-refractivity contribution >= 4 is 27.6 Å². The van der Waals surface area contributed by atoms with Gasteiger partial charge in [0.25, 0.3) is 0 Å². The summed E-state index contributed by atoms with van der Waals surface area (Å²) in [7, 11) is -9.78. The highest BCUT2D eigenvalue weighted by Gasteiger charge is 2.28. The average molecular weight is 907 g/mol. The van der Waals surface area contributed by atoms with E-state index in [4.69, 9.17) is 23.8 Å². The van der Waals surface area contributed by atoms with Gasteiger partial charge in [0.05, 0.1) is 32.0 Å². The fourth-order valence-electron chi connectivity index (χ4n) is 5.35. The van der Waals surface area contributed by atoms with E-state index in [0.717, 1.165) is 64.2 Å². The number of carbonyl (C=O) groups is 2. The molecule has 0 aliphatic heterocycles. The van der Waals surface area contributed by atoms with Crippen molar-refractivity contribution in [3.05, 3.63) is 72.9 Å². The Balaban J connectivity index is 4.79. The minimum absolute atomic E-state index is 0.0478. The molecule has 0 radical (unpaired) electrons. The van der Waals surface area contributed by atoms with Crippen LogP contribution in [0.15, 0.2) is 72.9 Å². The largest absolute Gasteiger partial charge is 0.472 e. The maximum Gasteiger partial charge on any atom is 0.472 e. The molecule has 0 aromatic rings. The van der Waals surface area contributed by atoms with Crippen LogP contribution in [0.2, 0.25) is 0 Å².